The van der Waals surface area contributed by atoms with Gasteiger partial charge in [0.2, 0.25) is 0 Å². The third-order valence-corrected chi connectivity index (χ3v) is 2.87. The van der Waals surface area contributed by atoms with E-state index in [1.165, 1.54) is 5.56 Å². The number of hydrogen-bond donors (Lipinski definition) is 1. The van der Waals surface area contributed by atoms with E-state index < -0.39 is 0 Å². The van der Waals surface area contributed by atoms with Crippen LogP contribution in [-0.4, -0.2) is 16.1 Å². The molecule has 18 heavy (non-hydrogen) atoms. The monoisotopic (exact) mass is 256 g/mol. The number of rotatable bonds is 0. The van der Waals surface area contributed by atoms with Gasteiger partial charge in [0, 0.05) is 0 Å². The first-order chi connectivity index (χ1) is 7.03. The summed E-state index contributed by atoms with van der Waals surface area (Å²) in [5, 5.41) is 10.4. The first-order valence-electron chi connectivity index (χ1n) is 5.88. The molecule has 1 aromatic carbocycles. The van der Waals surface area contributed by atoms with E-state index in [1.807, 2.05) is 0 Å². The van der Waals surface area contributed by atoms with E-state index in [0.717, 1.165) is 11.1 Å². The third-order valence-electron chi connectivity index (χ3n) is 2.87. The molecule has 0 saturated carbocycles. The molecule has 0 spiro atoms. The summed E-state index contributed by atoms with van der Waals surface area (Å²) in [6, 6.07) is 4.18. The Hall–Kier alpha value is -1.06. The van der Waals surface area contributed by atoms with E-state index in [1.54, 1.807) is 0 Å². The van der Waals surface area contributed by atoms with Crippen LogP contribution in [0.4, 0.5) is 0 Å². The molecule has 0 atom stereocenters. The van der Waals surface area contributed by atoms with Gasteiger partial charge in [-0.2, -0.15) is 0 Å². The molecule has 106 valence electrons. The Labute approximate surface area is 110 Å². The summed E-state index contributed by atoms with van der Waals surface area (Å²) < 4.78 is 0. The molecule has 5 N–H and O–H groups in total. The Kier molecular flexibility index (Phi) is 6.13. The standard InChI is InChI=1S/C15H24O.2H2O/c1-10-8-11(14(2,3)4)13(16)12(9-10)15(5,6)7;;/h8-9,16H,1-7H3;2*1H2. The van der Waals surface area contributed by atoms with Crippen LogP contribution in [-0.2, 0) is 10.8 Å². The minimum atomic E-state index is -0.0178. The fourth-order valence-electron chi connectivity index (χ4n) is 1.92. The molecule has 3 nitrogen and oxygen atoms in total. The molecular formula is C15H28O3. The molecule has 0 heterocycles. The highest BCUT2D eigenvalue weighted by atomic mass is 16.3. The first-order valence-corrected chi connectivity index (χ1v) is 5.88. The molecular weight excluding hydrogens is 228 g/mol. The average molecular weight is 256 g/mol. The molecule has 0 radical (unpaired) electrons. The summed E-state index contributed by atoms with van der Waals surface area (Å²) >= 11 is 0. The van der Waals surface area contributed by atoms with Crippen LogP contribution in [0, 0.1) is 6.92 Å². The highest BCUT2D eigenvalue weighted by Gasteiger charge is 2.25. The lowest BCUT2D eigenvalue weighted by Gasteiger charge is -2.27. The van der Waals surface area contributed by atoms with Gasteiger partial charge in [-0.15, -0.1) is 0 Å². The molecule has 0 unspecified atom stereocenters. The van der Waals surface area contributed by atoms with Crippen LogP contribution in [0.3, 0.4) is 0 Å². The minimum Gasteiger partial charge on any atom is -0.507 e. The molecule has 0 saturated heterocycles. The minimum absolute atomic E-state index is 0. The van der Waals surface area contributed by atoms with Crippen LogP contribution in [0.25, 0.3) is 0 Å². The number of hydrogen-bond acceptors (Lipinski definition) is 1. The maximum absolute atomic E-state index is 10.4. The van der Waals surface area contributed by atoms with Crippen molar-refractivity contribution in [2.45, 2.75) is 59.3 Å². The second kappa shape index (κ2) is 5.72. The van der Waals surface area contributed by atoms with Gasteiger partial charge in [0.25, 0.3) is 0 Å². The van der Waals surface area contributed by atoms with Crippen LogP contribution in [0.2, 0.25) is 0 Å². The molecule has 0 bridgehead atoms. The van der Waals surface area contributed by atoms with Crippen LogP contribution in [0.15, 0.2) is 12.1 Å². The maximum Gasteiger partial charge on any atom is 0.123 e. The van der Waals surface area contributed by atoms with Gasteiger partial charge in [-0.3, -0.25) is 0 Å². The van der Waals surface area contributed by atoms with Gasteiger partial charge in [0.05, 0.1) is 0 Å². The van der Waals surface area contributed by atoms with Gasteiger partial charge in [0.15, 0.2) is 0 Å². The SMILES string of the molecule is Cc1cc(C(C)(C)C)c(O)c(C(C)(C)C)c1.O.O. The summed E-state index contributed by atoms with van der Waals surface area (Å²) in [6.45, 7) is 14.9. The Morgan fingerprint density at radius 2 is 1.06 bits per heavy atom. The van der Waals surface area contributed by atoms with Crippen molar-refractivity contribution >= 4 is 0 Å². The lowest BCUT2D eigenvalue weighted by molar-refractivity contribution is 0.423. The largest absolute Gasteiger partial charge is 0.507 e. The maximum atomic E-state index is 10.4. The fraction of sp³-hybridized carbons (Fsp3) is 0.600. The van der Waals surface area contributed by atoms with Crippen molar-refractivity contribution in [3.05, 3.63) is 28.8 Å². The summed E-state index contributed by atoms with van der Waals surface area (Å²) in [5.74, 6) is 0.464. The van der Waals surface area contributed by atoms with Crippen LogP contribution in [0.1, 0.15) is 58.2 Å². The Balaban J connectivity index is 0. The van der Waals surface area contributed by atoms with Crippen molar-refractivity contribution in [1.82, 2.24) is 0 Å². The predicted octanol–water partition coefficient (Wildman–Crippen LogP) is 2.65. The molecule has 3 heteroatoms. The van der Waals surface area contributed by atoms with Crippen LogP contribution < -0.4 is 0 Å². The molecule has 0 fully saturated rings. The lowest BCUT2D eigenvalue weighted by Crippen LogP contribution is -2.17. The Morgan fingerprint density at radius 1 is 0.778 bits per heavy atom. The average Bonchev–Trinajstić information content (AvgIpc) is 2.04. The zero-order chi connectivity index (χ0) is 12.7. The molecule has 0 aromatic heterocycles. The zero-order valence-corrected chi connectivity index (χ0v) is 12.6. The molecule has 0 aliphatic heterocycles. The van der Waals surface area contributed by atoms with Crippen LogP contribution >= 0.6 is 0 Å². The first kappa shape index (κ1) is 19.3. The summed E-state index contributed by atoms with van der Waals surface area (Å²) in [5.41, 5.74) is 3.26. The number of phenolic OH excluding ortho intramolecular Hbond substituents is 1. The molecule has 0 aliphatic carbocycles. The topological polar surface area (TPSA) is 83.2 Å². The second-order valence-corrected chi connectivity index (χ2v) is 6.71. The van der Waals surface area contributed by atoms with E-state index in [2.05, 4.69) is 60.6 Å². The van der Waals surface area contributed by atoms with Crippen molar-refractivity contribution in [2.24, 2.45) is 0 Å². The molecule has 0 aliphatic rings. The van der Waals surface area contributed by atoms with Crippen molar-refractivity contribution < 1.29 is 16.1 Å². The highest BCUT2D eigenvalue weighted by Crippen LogP contribution is 2.39. The Morgan fingerprint density at radius 3 is 1.28 bits per heavy atom. The predicted molar refractivity (Wildman–Crippen MR) is 77.5 cm³/mol. The van der Waals surface area contributed by atoms with Crippen molar-refractivity contribution in [3.63, 3.8) is 0 Å². The normalized spacial score (nSPS) is 11.5. The number of aromatic hydroxyl groups is 1. The van der Waals surface area contributed by atoms with Gasteiger partial charge < -0.3 is 16.1 Å². The van der Waals surface area contributed by atoms with E-state index in [-0.39, 0.29) is 21.8 Å². The van der Waals surface area contributed by atoms with E-state index in [0.29, 0.717) is 5.75 Å². The van der Waals surface area contributed by atoms with Gasteiger partial charge in [-0.25, -0.2) is 0 Å². The number of aryl methyl sites for hydroxylation is 1. The van der Waals surface area contributed by atoms with E-state index >= 15 is 0 Å². The zero-order valence-electron chi connectivity index (χ0n) is 12.6. The number of phenols is 1. The van der Waals surface area contributed by atoms with Crippen molar-refractivity contribution in [3.8, 4) is 5.75 Å². The van der Waals surface area contributed by atoms with Crippen LogP contribution in [0.5, 0.6) is 5.75 Å². The lowest BCUT2D eigenvalue weighted by atomic mass is 9.78. The van der Waals surface area contributed by atoms with Gasteiger partial charge in [0.1, 0.15) is 5.75 Å². The smallest absolute Gasteiger partial charge is 0.123 e. The molecule has 1 rings (SSSR count). The fourth-order valence-corrected chi connectivity index (χ4v) is 1.92. The quantitative estimate of drug-likeness (QED) is 0.760. The van der Waals surface area contributed by atoms with E-state index in [9.17, 15) is 5.11 Å². The van der Waals surface area contributed by atoms with Gasteiger partial charge >= 0.3 is 0 Å². The summed E-state index contributed by atoms with van der Waals surface area (Å²) in [4.78, 5) is 0. The van der Waals surface area contributed by atoms with E-state index in [4.69, 9.17) is 0 Å². The molecule has 0 amide bonds. The number of benzene rings is 1. The van der Waals surface area contributed by atoms with Crippen molar-refractivity contribution in [2.75, 3.05) is 0 Å². The van der Waals surface area contributed by atoms with Gasteiger partial charge in [-0.05, 0) is 28.9 Å². The highest BCUT2D eigenvalue weighted by molar-refractivity contribution is 5.49. The van der Waals surface area contributed by atoms with Gasteiger partial charge in [-0.1, -0.05) is 59.2 Å². The summed E-state index contributed by atoms with van der Waals surface area (Å²) in [6.07, 6.45) is 0. The molecule has 1 aromatic rings. The third kappa shape index (κ3) is 4.00. The summed E-state index contributed by atoms with van der Waals surface area (Å²) in [7, 11) is 0. The Bertz CT molecular complexity index is 360. The van der Waals surface area contributed by atoms with Crippen molar-refractivity contribution in [1.29, 1.82) is 0 Å². The second-order valence-electron chi connectivity index (χ2n) is 6.71.